The molecule has 3 aromatic rings. The largest absolute Gasteiger partial charge is 0.481 e. The van der Waals surface area contributed by atoms with Crippen LogP contribution in [0.2, 0.25) is 0 Å². The number of hydrogen-bond acceptors (Lipinski definition) is 6. The number of rotatable bonds is 8. The molecule has 0 amide bonds. The van der Waals surface area contributed by atoms with Crippen LogP contribution >= 0.6 is 0 Å². The minimum atomic E-state index is -0.917. The second-order valence-electron chi connectivity index (χ2n) is 11.7. The Kier molecular flexibility index (Phi) is 9.90. The number of nitrogens with zero attached hydrogens (tertiary/aromatic N) is 2. The van der Waals surface area contributed by atoms with Gasteiger partial charge in [-0.15, -0.1) is 0 Å². The van der Waals surface area contributed by atoms with Crippen molar-refractivity contribution >= 4 is 73.7 Å². The maximum atomic E-state index is 11.6. The van der Waals surface area contributed by atoms with Gasteiger partial charge in [-0.3, -0.25) is 9.59 Å². The summed E-state index contributed by atoms with van der Waals surface area (Å²) in [4.78, 5) is 39.8. The second-order valence-corrected chi connectivity index (χ2v) is 11.7. The number of carbonyl (C=O) groups is 2. The van der Waals surface area contributed by atoms with Crippen molar-refractivity contribution in [1.82, 2.24) is 19.9 Å². The van der Waals surface area contributed by atoms with Gasteiger partial charge in [-0.1, -0.05) is 0 Å². The molecule has 2 aliphatic heterocycles. The van der Waals surface area contributed by atoms with Crippen molar-refractivity contribution in [3.63, 3.8) is 0 Å². The van der Waals surface area contributed by atoms with E-state index < -0.39 is 24.1 Å². The number of aliphatic carboxylic acids is 2. The van der Waals surface area contributed by atoms with E-state index in [0.717, 1.165) is 44.4 Å². The van der Waals surface area contributed by atoms with Gasteiger partial charge >= 0.3 is 11.9 Å². The van der Waals surface area contributed by atoms with Crippen molar-refractivity contribution in [2.45, 2.75) is 79.4 Å². The smallest absolute Gasteiger partial charge is 0.303 e. The predicted molar refractivity (Wildman–Crippen MR) is 181 cm³/mol. The molecule has 8 bridgehead atoms. The summed E-state index contributed by atoms with van der Waals surface area (Å²) in [7, 11) is 0. The molecule has 2 atom stereocenters. The molecular weight excluding hydrogens is 587 g/mol. The third-order valence-electron chi connectivity index (χ3n) is 8.65. The number of aliphatic hydroxyl groups is 2. The highest BCUT2D eigenvalue weighted by Crippen LogP contribution is 2.37. The van der Waals surface area contributed by atoms with Crippen molar-refractivity contribution < 1.29 is 30.0 Å². The van der Waals surface area contributed by atoms with Crippen LogP contribution in [-0.4, -0.2) is 75.8 Å². The minimum Gasteiger partial charge on any atom is -0.481 e. The molecule has 3 aromatic heterocycles. The molecule has 11 heteroatoms. The molecule has 0 spiro atoms. The fourth-order valence-electron chi connectivity index (χ4n) is 6.31. The minimum absolute atomic E-state index is 0. The van der Waals surface area contributed by atoms with Crippen molar-refractivity contribution in [2.75, 3.05) is 0 Å². The summed E-state index contributed by atoms with van der Waals surface area (Å²) in [6, 6.07) is 7.51. The molecule has 0 saturated heterocycles. The Balaban J connectivity index is 0.00000461. The number of aryl methyl sites for hydroxylation is 3. The highest BCUT2D eigenvalue weighted by atomic mass is 27.0. The Hall–Kier alpha value is -4.01. The van der Waals surface area contributed by atoms with E-state index in [9.17, 15) is 30.0 Å². The van der Waals surface area contributed by atoms with Crippen LogP contribution < -0.4 is 0 Å². The van der Waals surface area contributed by atoms with Crippen LogP contribution in [0.25, 0.3) is 44.4 Å². The zero-order valence-corrected chi connectivity index (χ0v) is 25.8. The van der Waals surface area contributed by atoms with E-state index in [1.165, 1.54) is 0 Å². The number of allylic oxidation sites excluding steroid dienone is 3. The molecule has 45 heavy (non-hydrogen) atoms. The number of fused-ring (bicyclic) bond motifs is 8. The van der Waals surface area contributed by atoms with E-state index in [4.69, 9.17) is 9.97 Å². The van der Waals surface area contributed by atoms with Gasteiger partial charge in [0.05, 0.1) is 35.0 Å². The van der Waals surface area contributed by atoms with E-state index in [-0.39, 0.29) is 43.0 Å². The number of aliphatic hydroxyl groups excluding tert-OH is 2. The SMILES string of the molecule is CC1=C(CCC(=O)O)c2cc3[nH]c(cc4nc(cc5[nH]c(cc1n2)c(C(C)O)c5C)C(C(C)O)=C4C)c(C)c3CCC(=O)O.[AlH3]. The Morgan fingerprint density at radius 2 is 1.20 bits per heavy atom. The Morgan fingerprint density at radius 3 is 1.82 bits per heavy atom. The van der Waals surface area contributed by atoms with Gasteiger partial charge in [0.25, 0.3) is 0 Å². The topological polar surface area (TPSA) is 172 Å². The summed E-state index contributed by atoms with van der Waals surface area (Å²) in [5.74, 6) is -1.83. The Labute approximate surface area is 271 Å². The van der Waals surface area contributed by atoms with Crippen molar-refractivity contribution in [2.24, 2.45) is 0 Å². The first kappa shape index (κ1) is 33.9. The van der Waals surface area contributed by atoms with Gasteiger partial charge in [0, 0.05) is 46.0 Å². The number of carboxylic acid groups (broad SMARTS) is 2. The first-order valence-corrected chi connectivity index (χ1v) is 14.7. The quantitative estimate of drug-likeness (QED) is 0.191. The zero-order valence-electron chi connectivity index (χ0n) is 25.8. The second kappa shape index (κ2) is 13.2. The molecule has 0 saturated carbocycles. The maximum absolute atomic E-state index is 11.6. The summed E-state index contributed by atoms with van der Waals surface area (Å²) in [6.45, 7) is 11.1. The fourth-order valence-corrected chi connectivity index (χ4v) is 6.31. The van der Waals surface area contributed by atoms with Crippen LogP contribution in [-0.2, 0) is 16.0 Å². The van der Waals surface area contributed by atoms with Crippen molar-refractivity contribution in [3.8, 4) is 0 Å². The summed E-state index contributed by atoms with van der Waals surface area (Å²) in [5.41, 5.74) is 11.7. The highest BCUT2D eigenvalue weighted by molar-refractivity contribution is 5.96. The predicted octanol–water partition coefficient (Wildman–Crippen LogP) is 4.93. The van der Waals surface area contributed by atoms with E-state index in [1.807, 2.05) is 52.0 Å². The van der Waals surface area contributed by atoms with E-state index in [1.54, 1.807) is 13.8 Å². The zero-order chi connectivity index (χ0) is 32.0. The average Bonchev–Trinajstić information content (AvgIpc) is 3.59. The van der Waals surface area contributed by atoms with Crippen molar-refractivity contribution in [3.05, 3.63) is 69.3 Å². The van der Waals surface area contributed by atoms with Crippen LogP contribution in [0.5, 0.6) is 0 Å². The number of carboxylic acids is 2. The summed E-state index contributed by atoms with van der Waals surface area (Å²) < 4.78 is 0. The third kappa shape index (κ3) is 6.53. The van der Waals surface area contributed by atoms with Gasteiger partial charge in [-0.05, 0) is 112 Å². The molecule has 0 aromatic carbocycles. The van der Waals surface area contributed by atoms with Crippen LogP contribution in [0.4, 0.5) is 0 Å². The summed E-state index contributed by atoms with van der Waals surface area (Å²) in [5, 5.41) is 40.5. The fraction of sp³-hybridized carbons (Fsp3) is 0.353. The Morgan fingerprint density at radius 1 is 0.689 bits per heavy atom. The molecular formula is C34H41AlN4O6. The number of aromatic amines is 2. The normalized spacial score (nSPS) is 14.4. The lowest BCUT2D eigenvalue weighted by Gasteiger charge is -2.07. The molecule has 2 unspecified atom stereocenters. The van der Waals surface area contributed by atoms with Crippen LogP contribution in [0.15, 0.2) is 24.3 Å². The summed E-state index contributed by atoms with van der Waals surface area (Å²) in [6.07, 6.45) is -1.16. The van der Waals surface area contributed by atoms with Crippen molar-refractivity contribution in [1.29, 1.82) is 0 Å². The van der Waals surface area contributed by atoms with Gasteiger partial charge in [0.15, 0.2) is 17.4 Å². The van der Waals surface area contributed by atoms with Gasteiger partial charge in [-0.25, -0.2) is 9.97 Å². The molecule has 5 rings (SSSR count). The number of hydrogen-bond donors (Lipinski definition) is 6. The Bertz CT molecular complexity index is 1930. The van der Waals surface area contributed by atoms with E-state index >= 15 is 0 Å². The number of aromatic nitrogens is 4. The molecule has 0 aliphatic carbocycles. The van der Waals surface area contributed by atoms with E-state index in [0.29, 0.717) is 44.9 Å². The molecule has 10 nitrogen and oxygen atoms in total. The van der Waals surface area contributed by atoms with E-state index in [2.05, 4.69) is 9.97 Å². The highest BCUT2D eigenvalue weighted by Gasteiger charge is 2.23. The van der Waals surface area contributed by atoms with Gasteiger partial charge < -0.3 is 30.4 Å². The molecule has 0 fully saturated rings. The number of nitrogens with one attached hydrogen (secondary N) is 2. The van der Waals surface area contributed by atoms with Gasteiger partial charge in [-0.2, -0.15) is 0 Å². The lowest BCUT2D eigenvalue weighted by atomic mass is 9.99. The molecule has 5 heterocycles. The number of H-pyrrole nitrogens is 2. The first-order valence-electron chi connectivity index (χ1n) is 14.7. The van der Waals surface area contributed by atoms with Gasteiger partial charge in [0.1, 0.15) is 0 Å². The molecule has 236 valence electrons. The van der Waals surface area contributed by atoms with Crippen LogP contribution in [0.3, 0.4) is 0 Å². The van der Waals surface area contributed by atoms with Crippen LogP contribution in [0, 0.1) is 13.8 Å². The summed E-state index contributed by atoms with van der Waals surface area (Å²) >= 11 is 0. The average molecular weight is 629 g/mol. The molecule has 6 N–H and O–H groups in total. The third-order valence-corrected chi connectivity index (χ3v) is 8.65. The van der Waals surface area contributed by atoms with Crippen LogP contribution in [0.1, 0.15) is 98.1 Å². The monoisotopic (exact) mass is 628 g/mol. The lowest BCUT2D eigenvalue weighted by molar-refractivity contribution is -0.137. The maximum Gasteiger partial charge on any atom is 0.303 e. The standard InChI is InChI=1S/C34H38N4O6.Al.3H/c1-15-21(7-9-31(41)42)27-14-28-22(8-10-32(43)44)16(2)24(36-28)12-29-34(20(6)40)18(4)26(38-29)13-30-33(19(5)39)17(3)25(37-30)11-23(15)35-27;;;;/h11-14,19-20,35,38-40H,7-10H2,1-6H3,(H,41,42)(H,43,44);;;;. The molecule has 0 radical (unpaired) electrons. The lowest BCUT2D eigenvalue weighted by Crippen LogP contribution is -2.02. The molecule has 2 aliphatic rings. The first-order chi connectivity index (χ1) is 20.8. The van der Waals surface area contributed by atoms with Gasteiger partial charge in [0.2, 0.25) is 0 Å².